The SMILES string of the molecule is COc1cccc(COCC(=O)N2CC(C)OC(C)C2)c1. The Labute approximate surface area is 125 Å². The summed E-state index contributed by atoms with van der Waals surface area (Å²) in [5, 5.41) is 0. The normalized spacial score (nSPS) is 22.1. The second-order valence-corrected chi connectivity index (χ2v) is 5.40. The average molecular weight is 293 g/mol. The van der Waals surface area contributed by atoms with E-state index in [-0.39, 0.29) is 24.7 Å². The Kier molecular flexibility index (Phi) is 5.59. The Morgan fingerprint density at radius 1 is 1.33 bits per heavy atom. The van der Waals surface area contributed by atoms with E-state index in [1.807, 2.05) is 43.0 Å². The third-order valence-corrected chi connectivity index (χ3v) is 3.40. The van der Waals surface area contributed by atoms with Crippen molar-refractivity contribution in [2.45, 2.75) is 32.7 Å². The Balaban J connectivity index is 1.78. The van der Waals surface area contributed by atoms with Crippen molar-refractivity contribution in [1.82, 2.24) is 4.90 Å². The number of carbonyl (C=O) groups excluding carboxylic acids is 1. The highest BCUT2D eigenvalue weighted by molar-refractivity contribution is 5.77. The summed E-state index contributed by atoms with van der Waals surface area (Å²) in [5.74, 6) is 0.804. The van der Waals surface area contributed by atoms with Gasteiger partial charge >= 0.3 is 0 Å². The van der Waals surface area contributed by atoms with Crippen LogP contribution in [0.1, 0.15) is 19.4 Å². The molecule has 5 heteroatoms. The van der Waals surface area contributed by atoms with Crippen LogP contribution in [-0.4, -0.2) is 49.8 Å². The maximum atomic E-state index is 12.1. The van der Waals surface area contributed by atoms with Crippen LogP contribution in [0.4, 0.5) is 0 Å². The summed E-state index contributed by atoms with van der Waals surface area (Å²) in [6.45, 7) is 5.71. The molecule has 0 radical (unpaired) electrons. The molecule has 5 nitrogen and oxygen atoms in total. The first-order valence-electron chi connectivity index (χ1n) is 7.22. The summed E-state index contributed by atoms with van der Waals surface area (Å²) in [7, 11) is 1.63. The van der Waals surface area contributed by atoms with Crippen molar-refractivity contribution in [2.24, 2.45) is 0 Å². The number of carbonyl (C=O) groups is 1. The van der Waals surface area contributed by atoms with Crippen molar-refractivity contribution in [2.75, 3.05) is 26.8 Å². The minimum absolute atomic E-state index is 0.0138. The van der Waals surface area contributed by atoms with Crippen LogP contribution in [-0.2, 0) is 20.9 Å². The molecule has 1 heterocycles. The molecular formula is C16H23NO4. The van der Waals surface area contributed by atoms with E-state index in [4.69, 9.17) is 14.2 Å². The van der Waals surface area contributed by atoms with E-state index in [9.17, 15) is 4.79 Å². The average Bonchev–Trinajstić information content (AvgIpc) is 2.46. The monoisotopic (exact) mass is 293 g/mol. The summed E-state index contributed by atoms with van der Waals surface area (Å²) < 4.78 is 16.3. The molecule has 0 saturated carbocycles. The molecule has 0 N–H and O–H groups in total. The fourth-order valence-electron chi connectivity index (χ4n) is 2.49. The van der Waals surface area contributed by atoms with Crippen LogP contribution >= 0.6 is 0 Å². The van der Waals surface area contributed by atoms with E-state index in [1.54, 1.807) is 7.11 Å². The Bertz CT molecular complexity index is 467. The lowest BCUT2D eigenvalue weighted by Gasteiger charge is -2.35. The van der Waals surface area contributed by atoms with Gasteiger partial charge in [0.05, 0.1) is 25.9 Å². The van der Waals surface area contributed by atoms with Crippen molar-refractivity contribution < 1.29 is 19.0 Å². The minimum Gasteiger partial charge on any atom is -0.497 e. The topological polar surface area (TPSA) is 48.0 Å². The number of nitrogens with zero attached hydrogens (tertiary/aromatic N) is 1. The Hall–Kier alpha value is -1.59. The van der Waals surface area contributed by atoms with Gasteiger partial charge in [0.2, 0.25) is 5.91 Å². The zero-order chi connectivity index (χ0) is 15.2. The molecule has 0 aliphatic carbocycles. The van der Waals surface area contributed by atoms with Gasteiger partial charge in [0.25, 0.3) is 0 Å². The summed E-state index contributed by atoms with van der Waals surface area (Å²) in [4.78, 5) is 13.9. The zero-order valence-corrected chi connectivity index (χ0v) is 12.9. The maximum absolute atomic E-state index is 12.1. The maximum Gasteiger partial charge on any atom is 0.248 e. The third-order valence-electron chi connectivity index (χ3n) is 3.40. The molecule has 0 aromatic heterocycles. The highest BCUT2D eigenvalue weighted by Gasteiger charge is 2.25. The fourth-order valence-corrected chi connectivity index (χ4v) is 2.49. The van der Waals surface area contributed by atoms with Crippen molar-refractivity contribution >= 4 is 5.91 Å². The van der Waals surface area contributed by atoms with Crippen LogP contribution in [0.25, 0.3) is 0 Å². The lowest BCUT2D eigenvalue weighted by Crippen LogP contribution is -2.49. The number of morpholine rings is 1. The van der Waals surface area contributed by atoms with Gasteiger partial charge in [-0.25, -0.2) is 0 Å². The lowest BCUT2D eigenvalue weighted by molar-refractivity contribution is -0.148. The van der Waals surface area contributed by atoms with E-state index in [1.165, 1.54) is 0 Å². The number of hydrogen-bond donors (Lipinski definition) is 0. The summed E-state index contributed by atoms with van der Waals surface area (Å²) >= 11 is 0. The zero-order valence-electron chi connectivity index (χ0n) is 12.9. The van der Waals surface area contributed by atoms with Gasteiger partial charge in [-0.05, 0) is 31.5 Å². The summed E-state index contributed by atoms with van der Waals surface area (Å²) in [6.07, 6.45) is 0.159. The van der Waals surface area contributed by atoms with Crippen LogP contribution < -0.4 is 4.74 Å². The van der Waals surface area contributed by atoms with E-state index in [0.717, 1.165) is 11.3 Å². The van der Waals surface area contributed by atoms with E-state index in [0.29, 0.717) is 19.7 Å². The van der Waals surface area contributed by atoms with Gasteiger partial charge in [-0.15, -0.1) is 0 Å². The van der Waals surface area contributed by atoms with Crippen LogP contribution in [0.5, 0.6) is 5.75 Å². The standard InChI is InChI=1S/C16H23NO4/c1-12-8-17(9-13(2)21-12)16(18)11-20-10-14-5-4-6-15(7-14)19-3/h4-7,12-13H,8-11H2,1-3H3. The molecule has 0 bridgehead atoms. The molecule has 21 heavy (non-hydrogen) atoms. The Morgan fingerprint density at radius 2 is 2.05 bits per heavy atom. The molecule has 1 amide bonds. The van der Waals surface area contributed by atoms with Crippen LogP contribution in [0.3, 0.4) is 0 Å². The van der Waals surface area contributed by atoms with Gasteiger partial charge < -0.3 is 19.1 Å². The van der Waals surface area contributed by atoms with E-state index < -0.39 is 0 Å². The number of hydrogen-bond acceptors (Lipinski definition) is 4. The summed E-state index contributed by atoms with van der Waals surface area (Å²) in [6, 6.07) is 7.64. The Morgan fingerprint density at radius 3 is 2.71 bits per heavy atom. The number of ether oxygens (including phenoxy) is 3. The molecule has 2 unspecified atom stereocenters. The number of benzene rings is 1. The number of methoxy groups -OCH3 is 1. The second kappa shape index (κ2) is 7.43. The van der Waals surface area contributed by atoms with E-state index in [2.05, 4.69) is 0 Å². The summed E-state index contributed by atoms with van der Waals surface area (Å²) in [5.41, 5.74) is 0.992. The highest BCUT2D eigenvalue weighted by Crippen LogP contribution is 2.14. The predicted molar refractivity (Wildman–Crippen MR) is 79.2 cm³/mol. The van der Waals surface area contributed by atoms with Gasteiger partial charge in [-0.2, -0.15) is 0 Å². The fraction of sp³-hybridized carbons (Fsp3) is 0.562. The molecule has 116 valence electrons. The van der Waals surface area contributed by atoms with Crippen LogP contribution in [0.15, 0.2) is 24.3 Å². The third kappa shape index (κ3) is 4.72. The highest BCUT2D eigenvalue weighted by atomic mass is 16.5. The molecule has 1 saturated heterocycles. The van der Waals surface area contributed by atoms with Crippen LogP contribution in [0.2, 0.25) is 0 Å². The molecule has 1 aromatic carbocycles. The van der Waals surface area contributed by atoms with Crippen LogP contribution in [0, 0.1) is 0 Å². The molecular weight excluding hydrogens is 270 g/mol. The minimum atomic E-state index is 0.0138. The van der Waals surface area contributed by atoms with Gasteiger partial charge in [0, 0.05) is 13.1 Å². The number of amides is 1. The van der Waals surface area contributed by atoms with Crippen molar-refractivity contribution in [3.05, 3.63) is 29.8 Å². The van der Waals surface area contributed by atoms with Crippen molar-refractivity contribution in [3.63, 3.8) is 0 Å². The largest absolute Gasteiger partial charge is 0.497 e. The number of rotatable bonds is 5. The second-order valence-electron chi connectivity index (χ2n) is 5.40. The molecule has 1 fully saturated rings. The van der Waals surface area contributed by atoms with Gasteiger partial charge in [0.1, 0.15) is 12.4 Å². The molecule has 1 aliphatic heterocycles. The molecule has 1 aromatic rings. The molecule has 0 spiro atoms. The molecule has 2 atom stereocenters. The molecule has 1 aliphatic rings. The van der Waals surface area contributed by atoms with Crippen molar-refractivity contribution in [1.29, 1.82) is 0 Å². The first kappa shape index (κ1) is 15.8. The predicted octanol–water partition coefficient (Wildman–Crippen LogP) is 1.85. The molecule has 2 rings (SSSR count). The van der Waals surface area contributed by atoms with Gasteiger partial charge in [-0.3, -0.25) is 4.79 Å². The quantitative estimate of drug-likeness (QED) is 0.831. The smallest absolute Gasteiger partial charge is 0.248 e. The van der Waals surface area contributed by atoms with E-state index >= 15 is 0 Å². The van der Waals surface area contributed by atoms with Gasteiger partial charge in [0.15, 0.2) is 0 Å². The van der Waals surface area contributed by atoms with Gasteiger partial charge in [-0.1, -0.05) is 12.1 Å². The first-order chi connectivity index (χ1) is 10.1. The van der Waals surface area contributed by atoms with Crippen molar-refractivity contribution in [3.8, 4) is 5.75 Å². The first-order valence-corrected chi connectivity index (χ1v) is 7.22. The lowest BCUT2D eigenvalue weighted by atomic mass is 10.2.